The van der Waals surface area contributed by atoms with E-state index in [2.05, 4.69) is 0 Å². The molecule has 0 unspecified atom stereocenters. The van der Waals surface area contributed by atoms with Gasteiger partial charge in [0.2, 0.25) is 0 Å². The average molecular weight is 372 g/mol. The number of amidine groups is 1. The third kappa shape index (κ3) is 4.43. The van der Waals surface area contributed by atoms with Crippen LogP contribution in [0.5, 0.6) is 5.75 Å². The Balaban J connectivity index is 1.76. The van der Waals surface area contributed by atoms with E-state index in [0.717, 1.165) is 29.0 Å². The van der Waals surface area contributed by atoms with Crippen molar-refractivity contribution in [2.45, 2.75) is 20.3 Å². The van der Waals surface area contributed by atoms with E-state index < -0.39 is 5.82 Å². The van der Waals surface area contributed by atoms with Gasteiger partial charge >= 0.3 is 0 Å². The minimum Gasteiger partial charge on any atom is -0.481 e. The SMILES string of the molecule is Cc1ccc(C)c(N=C2SCCCN2C(=O)COc2ccccc2F)c1. The monoisotopic (exact) mass is 372 g/mol. The summed E-state index contributed by atoms with van der Waals surface area (Å²) in [5.74, 6) is 0.308. The van der Waals surface area contributed by atoms with E-state index in [1.165, 1.54) is 12.1 Å². The van der Waals surface area contributed by atoms with Gasteiger partial charge in [-0.05, 0) is 49.6 Å². The van der Waals surface area contributed by atoms with Crippen molar-refractivity contribution in [3.63, 3.8) is 0 Å². The molecule has 4 nitrogen and oxygen atoms in total. The Morgan fingerprint density at radius 3 is 2.88 bits per heavy atom. The predicted molar refractivity (Wildman–Crippen MR) is 104 cm³/mol. The Bertz CT molecular complexity index is 838. The van der Waals surface area contributed by atoms with E-state index in [-0.39, 0.29) is 18.3 Å². The first-order valence-electron chi connectivity index (χ1n) is 8.51. The van der Waals surface area contributed by atoms with Gasteiger partial charge in [0, 0.05) is 12.3 Å². The number of ether oxygens (including phenoxy) is 1. The highest BCUT2D eigenvalue weighted by Gasteiger charge is 2.24. The largest absolute Gasteiger partial charge is 0.481 e. The van der Waals surface area contributed by atoms with Crippen LogP contribution in [0.15, 0.2) is 47.5 Å². The number of para-hydroxylation sites is 1. The quantitative estimate of drug-likeness (QED) is 0.795. The van der Waals surface area contributed by atoms with Crippen molar-refractivity contribution in [1.82, 2.24) is 4.90 Å². The van der Waals surface area contributed by atoms with Crippen LogP contribution in [0.1, 0.15) is 17.5 Å². The number of aliphatic imine (C=N–C) groups is 1. The van der Waals surface area contributed by atoms with Crippen LogP contribution in [-0.4, -0.2) is 34.9 Å². The number of halogens is 1. The highest BCUT2D eigenvalue weighted by molar-refractivity contribution is 8.13. The van der Waals surface area contributed by atoms with Gasteiger partial charge in [0.15, 0.2) is 23.3 Å². The maximum Gasteiger partial charge on any atom is 0.266 e. The molecule has 0 atom stereocenters. The van der Waals surface area contributed by atoms with Gasteiger partial charge in [-0.2, -0.15) is 0 Å². The smallest absolute Gasteiger partial charge is 0.266 e. The molecule has 0 radical (unpaired) electrons. The zero-order chi connectivity index (χ0) is 18.5. The van der Waals surface area contributed by atoms with Crippen LogP contribution in [-0.2, 0) is 4.79 Å². The van der Waals surface area contributed by atoms with Gasteiger partial charge in [0.05, 0.1) is 5.69 Å². The number of benzene rings is 2. The number of carbonyl (C=O) groups excluding carboxylic acids is 1. The zero-order valence-electron chi connectivity index (χ0n) is 14.9. The van der Waals surface area contributed by atoms with E-state index in [1.807, 2.05) is 32.0 Å². The first-order valence-corrected chi connectivity index (χ1v) is 9.49. The number of aryl methyl sites for hydroxylation is 2. The molecule has 1 fully saturated rings. The molecule has 6 heteroatoms. The van der Waals surface area contributed by atoms with Crippen molar-refractivity contribution in [3.05, 3.63) is 59.4 Å². The number of hydrogen-bond donors (Lipinski definition) is 0. The summed E-state index contributed by atoms with van der Waals surface area (Å²) >= 11 is 1.56. The molecule has 0 spiro atoms. The standard InChI is InChI=1S/C20H21FN2O2S/c1-14-8-9-15(2)17(12-14)22-20-23(10-5-11-26-20)19(24)13-25-18-7-4-3-6-16(18)21/h3-4,6-9,12H,5,10-11,13H2,1-2H3. The molecule has 1 amide bonds. The number of thioether (sulfide) groups is 1. The molecule has 0 N–H and O–H groups in total. The van der Waals surface area contributed by atoms with Crippen molar-refractivity contribution in [2.75, 3.05) is 18.9 Å². The van der Waals surface area contributed by atoms with Gasteiger partial charge in [-0.1, -0.05) is 36.0 Å². The molecule has 0 saturated carbocycles. The van der Waals surface area contributed by atoms with E-state index in [4.69, 9.17) is 9.73 Å². The molecule has 26 heavy (non-hydrogen) atoms. The highest BCUT2D eigenvalue weighted by atomic mass is 32.2. The van der Waals surface area contributed by atoms with Crippen LogP contribution in [0, 0.1) is 19.7 Å². The Hall–Kier alpha value is -2.34. The fourth-order valence-electron chi connectivity index (χ4n) is 2.61. The second-order valence-corrected chi connectivity index (χ2v) is 7.21. The molecule has 1 heterocycles. The lowest BCUT2D eigenvalue weighted by Gasteiger charge is -2.28. The van der Waals surface area contributed by atoms with Crippen molar-refractivity contribution in [2.24, 2.45) is 4.99 Å². The third-order valence-electron chi connectivity index (χ3n) is 4.06. The van der Waals surface area contributed by atoms with Crippen LogP contribution in [0.25, 0.3) is 0 Å². The van der Waals surface area contributed by atoms with Crippen molar-refractivity contribution >= 4 is 28.5 Å². The molecule has 3 rings (SSSR count). The van der Waals surface area contributed by atoms with Gasteiger partial charge in [0.1, 0.15) is 0 Å². The second kappa shape index (κ2) is 8.36. The molecular weight excluding hydrogens is 351 g/mol. The molecule has 1 aliphatic rings. The maximum absolute atomic E-state index is 13.7. The molecular formula is C20H21FN2O2S. The molecule has 1 aliphatic heterocycles. The summed E-state index contributed by atoms with van der Waals surface area (Å²) < 4.78 is 19.0. The van der Waals surface area contributed by atoms with Gasteiger partial charge in [0.25, 0.3) is 5.91 Å². The Morgan fingerprint density at radius 2 is 2.08 bits per heavy atom. The number of carbonyl (C=O) groups is 1. The van der Waals surface area contributed by atoms with Crippen LogP contribution >= 0.6 is 11.8 Å². The highest BCUT2D eigenvalue weighted by Crippen LogP contribution is 2.26. The Kier molecular flexibility index (Phi) is 5.93. The van der Waals surface area contributed by atoms with Gasteiger partial charge in [-0.15, -0.1) is 0 Å². The lowest BCUT2D eigenvalue weighted by molar-refractivity contribution is -0.129. The molecule has 136 valence electrons. The van der Waals surface area contributed by atoms with Crippen molar-refractivity contribution in [3.8, 4) is 5.75 Å². The van der Waals surface area contributed by atoms with Crippen LogP contribution < -0.4 is 4.74 Å². The topological polar surface area (TPSA) is 41.9 Å². The predicted octanol–water partition coefficient (Wildman–Crippen LogP) is 4.47. The summed E-state index contributed by atoms with van der Waals surface area (Å²) in [5, 5.41) is 0.673. The first kappa shape index (κ1) is 18.5. The van der Waals surface area contributed by atoms with E-state index in [0.29, 0.717) is 11.7 Å². The summed E-state index contributed by atoms with van der Waals surface area (Å²) in [7, 11) is 0. The minimum atomic E-state index is -0.474. The van der Waals surface area contributed by atoms with Crippen LogP contribution in [0.3, 0.4) is 0 Å². The summed E-state index contributed by atoms with van der Waals surface area (Å²) in [6, 6.07) is 12.2. The molecule has 2 aromatic carbocycles. The van der Waals surface area contributed by atoms with Crippen LogP contribution in [0.2, 0.25) is 0 Å². The zero-order valence-corrected chi connectivity index (χ0v) is 15.7. The minimum absolute atomic E-state index is 0.0820. The maximum atomic E-state index is 13.7. The lowest BCUT2D eigenvalue weighted by atomic mass is 10.1. The fourth-order valence-corrected chi connectivity index (χ4v) is 3.57. The summed E-state index contributed by atoms with van der Waals surface area (Å²) in [6.45, 7) is 4.39. The van der Waals surface area contributed by atoms with Gasteiger partial charge < -0.3 is 4.74 Å². The molecule has 0 bridgehead atoms. The number of hydrogen-bond acceptors (Lipinski definition) is 4. The molecule has 0 aliphatic carbocycles. The number of rotatable bonds is 4. The van der Waals surface area contributed by atoms with Crippen molar-refractivity contribution < 1.29 is 13.9 Å². The summed E-state index contributed by atoms with van der Waals surface area (Å²) in [4.78, 5) is 19.0. The van der Waals surface area contributed by atoms with E-state index in [9.17, 15) is 9.18 Å². The fraction of sp³-hybridized carbons (Fsp3) is 0.300. The van der Waals surface area contributed by atoms with Crippen molar-refractivity contribution in [1.29, 1.82) is 0 Å². The molecule has 0 aromatic heterocycles. The molecule has 1 saturated heterocycles. The summed E-state index contributed by atoms with van der Waals surface area (Å²) in [6.07, 6.45) is 0.891. The average Bonchev–Trinajstić information content (AvgIpc) is 2.64. The van der Waals surface area contributed by atoms with Crippen LogP contribution in [0.4, 0.5) is 10.1 Å². The number of amides is 1. The number of nitrogens with zero attached hydrogens (tertiary/aromatic N) is 2. The van der Waals surface area contributed by atoms with Gasteiger partial charge in [-0.25, -0.2) is 9.38 Å². The van der Waals surface area contributed by atoms with E-state index >= 15 is 0 Å². The van der Waals surface area contributed by atoms with E-state index in [1.54, 1.807) is 28.8 Å². The second-order valence-electron chi connectivity index (χ2n) is 6.15. The summed E-state index contributed by atoms with van der Waals surface area (Å²) in [5.41, 5.74) is 3.04. The molecule has 2 aromatic rings. The Labute approximate surface area is 157 Å². The third-order valence-corrected chi connectivity index (χ3v) is 5.12. The normalized spacial score (nSPS) is 16.0. The van der Waals surface area contributed by atoms with Gasteiger partial charge in [-0.3, -0.25) is 9.69 Å². The lowest BCUT2D eigenvalue weighted by Crippen LogP contribution is -2.41. The Morgan fingerprint density at radius 1 is 1.27 bits per heavy atom. The first-order chi connectivity index (χ1) is 12.5.